The molecule has 0 saturated carbocycles. The fraction of sp³-hybridized carbons (Fsp3) is 0.174. The molecule has 1 amide bonds. The Morgan fingerprint density at radius 3 is 2.21 bits per heavy atom. The van der Waals surface area contributed by atoms with E-state index in [2.05, 4.69) is 5.32 Å². The molecule has 3 aromatic carbocycles. The van der Waals surface area contributed by atoms with E-state index in [4.69, 9.17) is 14.2 Å². The van der Waals surface area contributed by atoms with Crippen LogP contribution in [0, 0.1) is 0 Å². The van der Waals surface area contributed by atoms with E-state index in [0.29, 0.717) is 31.1 Å². The lowest BCUT2D eigenvalue weighted by atomic mass is 10.1. The largest absolute Gasteiger partial charge is 0.496 e. The first-order valence-electron chi connectivity index (χ1n) is 9.07. The number of carbonyl (C=O) groups excluding carboxylic acids is 1. The molecular formula is C23H23NO4. The zero-order valence-electron chi connectivity index (χ0n) is 15.8. The highest BCUT2D eigenvalue weighted by atomic mass is 16.5. The first-order valence-corrected chi connectivity index (χ1v) is 9.07. The monoisotopic (exact) mass is 377 g/mol. The Kier molecular flexibility index (Phi) is 6.90. The van der Waals surface area contributed by atoms with Gasteiger partial charge < -0.3 is 19.5 Å². The van der Waals surface area contributed by atoms with Crippen LogP contribution in [0.1, 0.15) is 15.9 Å². The summed E-state index contributed by atoms with van der Waals surface area (Å²) < 4.78 is 16.7. The Labute approximate surface area is 164 Å². The predicted octanol–water partition coefficient (Wildman–Crippen LogP) is 4.08. The highest BCUT2D eigenvalue weighted by Crippen LogP contribution is 2.20. The van der Waals surface area contributed by atoms with Crippen molar-refractivity contribution >= 4 is 5.91 Å². The minimum Gasteiger partial charge on any atom is -0.496 e. The number of rotatable bonds is 9. The van der Waals surface area contributed by atoms with Crippen molar-refractivity contribution in [1.82, 2.24) is 5.32 Å². The van der Waals surface area contributed by atoms with Crippen molar-refractivity contribution in [3.05, 3.63) is 90.0 Å². The second-order valence-electron chi connectivity index (χ2n) is 6.00. The van der Waals surface area contributed by atoms with Crippen LogP contribution in [-0.4, -0.2) is 26.2 Å². The molecule has 0 heterocycles. The second kappa shape index (κ2) is 10.0. The van der Waals surface area contributed by atoms with Crippen LogP contribution in [0.4, 0.5) is 0 Å². The summed E-state index contributed by atoms with van der Waals surface area (Å²) in [6.45, 7) is 1.10. The summed E-state index contributed by atoms with van der Waals surface area (Å²) in [5.41, 5.74) is 1.39. The van der Waals surface area contributed by atoms with E-state index in [1.54, 1.807) is 19.2 Å². The lowest BCUT2D eigenvalue weighted by Crippen LogP contribution is -2.24. The van der Waals surface area contributed by atoms with Crippen LogP contribution < -0.4 is 19.5 Å². The predicted molar refractivity (Wildman–Crippen MR) is 108 cm³/mol. The van der Waals surface area contributed by atoms with E-state index in [1.807, 2.05) is 66.7 Å². The molecule has 0 bridgehead atoms. The smallest absolute Gasteiger partial charge is 0.255 e. The minimum atomic E-state index is -0.203. The summed E-state index contributed by atoms with van der Waals surface area (Å²) in [6.07, 6.45) is 0. The molecule has 0 aliphatic carbocycles. The van der Waals surface area contributed by atoms with Gasteiger partial charge in [-0.2, -0.15) is 0 Å². The fourth-order valence-corrected chi connectivity index (χ4v) is 2.73. The van der Waals surface area contributed by atoms with Gasteiger partial charge in [0.15, 0.2) is 0 Å². The molecule has 0 spiro atoms. The van der Waals surface area contributed by atoms with Gasteiger partial charge in [0.1, 0.15) is 30.5 Å². The number of hydrogen-bond donors (Lipinski definition) is 1. The summed E-state index contributed by atoms with van der Waals surface area (Å²) in [7, 11) is 1.61. The molecule has 1 N–H and O–H groups in total. The average Bonchev–Trinajstić information content (AvgIpc) is 2.76. The number of hydrogen-bond acceptors (Lipinski definition) is 4. The maximum absolute atomic E-state index is 12.6. The van der Waals surface area contributed by atoms with Gasteiger partial charge in [-0.05, 0) is 30.3 Å². The maximum Gasteiger partial charge on any atom is 0.255 e. The summed E-state index contributed by atoms with van der Waals surface area (Å²) in [4.78, 5) is 12.6. The third-order valence-electron chi connectivity index (χ3n) is 4.12. The lowest BCUT2D eigenvalue weighted by Gasteiger charge is -2.13. The summed E-state index contributed by atoms with van der Waals surface area (Å²) >= 11 is 0. The third-order valence-corrected chi connectivity index (χ3v) is 4.12. The Morgan fingerprint density at radius 1 is 0.786 bits per heavy atom. The van der Waals surface area contributed by atoms with Gasteiger partial charge in [-0.3, -0.25) is 4.79 Å². The van der Waals surface area contributed by atoms with Crippen molar-refractivity contribution in [2.45, 2.75) is 6.54 Å². The first kappa shape index (κ1) is 19.3. The van der Waals surface area contributed by atoms with Gasteiger partial charge in [-0.1, -0.05) is 48.5 Å². The van der Waals surface area contributed by atoms with Crippen LogP contribution in [0.15, 0.2) is 78.9 Å². The summed E-state index contributed by atoms with van der Waals surface area (Å²) in [5.74, 6) is 1.85. The zero-order chi connectivity index (χ0) is 19.6. The Bertz CT molecular complexity index is 896. The van der Waals surface area contributed by atoms with Gasteiger partial charge in [-0.15, -0.1) is 0 Å². The molecule has 0 radical (unpaired) electrons. The van der Waals surface area contributed by atoms with E-state index >= 15 is 0 Å². The van der Waals surface area contributed by atoms with Gasteiger partial charge >= 0.3 is 0 Å². The van der Waals surface area contributed by atoms with E-state index in [9.17, 15) is 4.79 Å². The molecule has 3 rings (SSSR count). The summed E-state index contributed by atoms with van der Waals surface area (Å²) in [6, 6.07) is 24.3. The molecule has 144 valence electrons. The van der Waals surface area contributed by atoms with Crippen LogP contribution >= 0.6 is 0 Å². The standard InChI is InChI=1S/C23H23NO4/c1-26-21-13-7-5-9-18(21)17-24-23(25)20-12-6-8-14-22(20)28-16-15-27-19-10-3-2-4-11-19/h2-14H,15-17H2,1H3,(H,24,25). The number of benzene rings is 3. The molecule has 5 nitrogen and oxygen atoms in total. The van der Waals surface area contributed by atoms with Crippen molar-refractivity contribution < 1.29 is 19.0 Å². The van der Waals surface area contributed by atoms with E-state index in [-0.39, 0.29) is 5.91 Å². The first-order chi connectivity index (χ1) is 13.8. The maximum atomic E-state index is 12.6. The van der Waals surface area contributed by atoms with Gasteiger partial charge in [0, 0.05) is 12.1 Å². The normalized spacial score (nSPS) is 10.2. The molecular weight excluding hydrogens is 354 g/mol. The van der Waals surface area contributed by atoms with Gasteiger partial charge in [0.2, 0.25) is 0 Å². The molecule has 0 aliphatic rings. The van der Waals surface area contributed by atoms with Crippen molar-refractivity contribution in [3.8, 4) is 17.2 Å². The van der Waals surface area contributed by atoms with Crippen LogP contribution in [0.3, 0.4) is 0 Å². The third kappa shape index (κ3) is 5.27. The number of carbonyl (C=O) groups is 1. The minimum absolute atomic E-state index is 0.203. The zero-order valence-corrected chi connectivity index (χ0v) is 15.8. The number of nitrogens with one attached hydrogen (secondary N) is 1. The lowest BCUT2D eigenvalue weighted by molar-refractivity contribution is 0.0945. The van der Waals surface area contributed by atoms with Crippen molar-refractivity contribution in [2.75, 3.05) is 20.3 Å². The number of methoxy groups -OCH3 is 1. The van der Waals surface area contributed by atoms with E-state index < -0.39 is 0 Å². The van der Waals surface area contributed by atoms with Gasteiger partial charge in [0.05, 0.1) is 12.7 Å². The molecule has 3 aromatic rings. The molecule has 0 atom stereocenters. The highest BCUT2D eigenvalue weighted by molar-refractivity contribution is 5.96. The topological polar surface area (TPSA) is 56.8 Å². The second-order valence-corrected chi connectivity index (χ2v) is 6.00. The van der Waals surface area contributed by atoms with Crippen molar-refractivity contribution in [2.24, 2.45) is 0 Å². The highest BCUT2D eigenvalue weighted by Gasteiger charge is 2.13. The fourth-order valence-electron chi connectivity index (χ4n) is 2.73. The number of ether oxygens (including phenoxy) is 3. The summed E-state index contributed by atoms with van der Waals surface area (Å²) in [5, 5.41) is 2.92. The Morgan fingerprint density at radius 2 is 1.43 bits per heavy atom. The molecule has 0 fully saturated rings. The van der Waals surface area contributed by atoms with Crippen molar-refractivity contribution in [3.63, 3.8) is 0 Å². The van der Waals surface area contributed by atoms with E-state index in [1.165, 1.54) is 0 Å². The van der Waals surface area contributed by atoms with Gasteiger partial charge in [-0.25, -0.2) is 0 Å². The molecule has 28 heavy (non-hydrogen) atoms. The van der Waals surface area contributed by atoms with Gasteiger partial charge in [0.25, 0.3) is 5.91 Å². The van der Waals surface area contributed by atoms with Crippen LogP contribution in [0.5, 0.6) is 17.2 Å². The molecule has 0 unspecified atom stereocenters. The molecule has 0 aromatic heterocycles. The number of para-hydroxylation sites is 3. The van der Waals surface area contributed by atoms with Crippen LogP contribution in [0.2, 0.25) is 0 Å². The van der Waals surface area contributed by atoms with Crippen LogP contribution in [0.25, 0.3) is 0 Å². The van der Waals surface area contributed by atoms with Crippen molar-refractivity contribution in [1.29, 1.82) is 0 Å². The SMILES string of the molecule is COc1ccccc1CNC(=O)c1ccccc1OCCOc1ccccc1. The Balaban J connectivity index is 1.55. The van der Waals surface area contributed by atoms with E-state index in [0.717, 1.165) is 17.1 Å². The Hall–Kier alpha value is -3.47. The average molecular weight is 377 g/mol. The molecule has 0 aliphatic heterocycles. The number of amides is 1. The van der Waals surface area contributed by atoms with Crippen LogP contribution in [-0.2, 0) is 6.54 Å². The molecule has 5 heteroatoms. The quantitative estimate of drug-likeness (QED) is 0.571. The molecule has 0 saturated heterocycles.